The van der Waals surface area contributed by atoms with E-state index >= 15 is 0 Å². The van der Waals surface area contributed by atoms with Gasteiger partial charge in [0.15, 0.2) is 0 Å². The first kappa shape index (κ1) is 10.9. The molecule has 86 valence electrons. The Bertz CT molecular complexity index is 222. The summed E-state index contributed by atoms with van der Waals surface area (Å²) in [7, 11) is 0. The lowest BCUT2D eigenvalue weighted by Gasteiger charge is -2.24. The first-order valence-corrected chi connectivity index (χ1v) is 6.01. The summed E-state index contributed by atoms with van der Waals surface area (Å²) >= 11 is 0. The van der Waals surface area contributed by atoms with E-state index in [-0.39, 0.29) is 5.91 Å². The lowest BCUT2D eigenvalue weighted by Crippen LogP contribution is -2.40. The maximum atomic E-state index is 10.8. The molecule has 1 aliphatic heterocycles. The third-order valence-electron chi connectivity index (χ3n) is 3.33. The van der Waals surface area contributed by atoms with Gasteiger partial charge in [-0.2, -0.15) is 0 Å². The summed E-state index contributed by atoms with van der Waals surface area (Å²) in [4.78, 5) is 13.2. The van der Waals surface area contributed by atoms with Crippen molar-refractivity contribution in [3.05, 3.63) is 0 Å². The minimum atomic E-state index is -0.181. The largest absolute Gasteiger partial charge is 0.370 e. The molecule has 2 rings (SSSR count). The molecule has 1 aliphatic carbocycles. The number of amides is 1. The highest BCUT2D eigenvalue weighted by Crippen LogP contribution is 2.27. The van der Waals surface area contributed by atoms with Crippen LogP contribution >= 0.6 is 0 Å². The zero-order valence-corrected chi connectivity index (χ0v) is 9.24. The van der Waals surface area contributed by atoms with Crippen LogP contribution in [0.2, 0.25) is 0 Å². The molecule has 0 aromatic heterocycles. The van der Waals surface area contributed by atoms with Crippen molar-refractivity contribution in [3.8, 4) is 0 Å². The Kier molecular flexibility index (Phi) is 3.59. The highest BCUT2D eigenvalue weighted by Gasteiger charge is 2.30. The van der Waals surface area contributed by atoms with Crippen LogP contribution in [0.5, 0.6) is 0 Å². The maximum Gasteiger partial charge on any atom is 0.218 e. The molecular weight excluding hydrogens is 190 g/mol. The average molecular weight is 211 g/mol. The molecule has 2 fully saturated rings. The Morgan fingerprint density at radius 1 is 1.40 bits per heavy atom. The third kappa shape index (κ3) is 3.47. The van der Waals surface area contributed by atoms with Crippen molar-refractivity contribution in [2.24, 2.45) is 5.73 Å². The topological polar surface area (TPSA) is 58.4 Å². The van der Waals surface area contributed by atoms with Gasteiger partial charge in [-0.25, -0.2) is 0 Å². The SMILES string of the molecule is NC(=O)CCN(CC1CCCN1)C1CC1. The lowest BCUT2D eigenvalue weighted by molar-refractivity contribution is -0.118. The van der Waals surface area contributed by atoms with Gasteiger partial charge in [-0.05, 0) is 32.2 Å². The Balaban J connectivity index is 1.74. The monoisotopic (exact) mass is 211 g/mol. The van der Waals surface area contributed by atoms with E-state index in [1.54, 1.807) is 0 Å². The Morgan fingerprint density at radius 2 is 2.20 bits per heavy atom. The number of hydrogen-bond donors (Lipinski definition) is 2. The van der Waals surface area contributed by atoms with Crippen LogP contribution in [0.3, 0.4) is 0 Å². The number of carbonyl (C=O) groups is 1. The molecule has 4 heteroatoms. The second-order valence-electron chi connectivity index (χ2n) is 4.74. The summed E-state index contributed by atoms with van der Waals surface area (Å²) < 4.78 is 0. The number of carbonyl (C=O) groups excluding carboxylic acids is 1. The molecule has 0 spiro atoms. The number of nitrogens with one attached hydrogen (secondary N) is 1. The fourth-order valence-corrected chi connectivity index (χ4v) is 2.31. The van der Waals surface area contributed by atoms with Crippen LogP contribution in [-0.4, -0.2) is 42.5 Å². The molecule has 0 bridgehead atoms. The van der Waals surface area contributed by atoms with Gasteiger partial charge in [0.05, 0.1) is 0 Å². The zero-order chi connectivity index (χ0) is 10.7. The Morgan fingerprint density at radius 3 is 2.73 bits per heavy atom. The molecular formula is C11H21N3O. The van der Waals surface area contributed by atoms with Gasteiger partial charge in [0.1, 0.15) is 0 Å². The molecule has 1 saturated carbocycles. The van der Waals surface area contributed by atoms with E-state index in [0.717, 1.165) is 25.7 Å². The van der Waals surface area contributed by atoms with Crippen LogP contribution in [0.4, 0.5) is 0 Å². The van der Waals surface area contributed by atoms with E-state index in [1.165, 1.54) is 25.7 Å². The highest BCUT2D eigenvalue weighted by atomic mass is 16.1. The van der Waals surface area contributed by atoms with Gasteiger partial charge in [-0.1, -0.05) is 0 Å². The predicted octanol–water partition coefficient (Wildman–Crippen LogP) is 0.0782. The second-order valence-corrected chi connectivity index (χ2v) is 4.74. The van der Waals surface area contributed by atoms with Gasteiger partial charge in [0, 0.05) is 31.6 Å². The Hall–Kier alpha value is -0.610. The molecule has 1 unspecified atom stereocenters. The maximum absolute atomic E-state index is 10.8. The van der Waals surface area contributed by atoms with E-state index in [1.807, 2.05) is 0 Å². The number of hydrogen-bond acceptors (Lipinski definition) is 3. The molecule has 0 radical (unpaired) electrons. The van der Waals surface area contributed by atoms with Gasteiger partial charge in [-0.15, -0.1) is 0 Å². The number of nitrogens with zero attached hydrogens (tertiary/aromatic N) is 1. The molecule has 15 heavy (non-hydrogen) atoms. The summed E-state index contributed by atoms with van der Waals surface area (Å²) in [6, 6.07) is 1.37. The normalized spacial score (nSPS) is 26.1. The van der Waals surface area contributed by atoms with E-state index in [9.17, 15) is 4.79 Å². The van der Waals surface area contributed by atoms with Gasteiger partial charge < -0.3 is 11.1 Å². The zero-order valence-electron chi connectivity index (χ0n) is 9.24. The summed E-state index contributed by atoms with van der Waals surface area (Å²) in [5.41, 5.74) is 5.19. The molecule has 0 aromatic carbocycles. The fourth-order valence-electron chi connectivity index (χ4n) is 2.31. The van der Waals surface area contributed by atoms with Gasteiger partial charge in [-0.3, -0.25) is 9.69 Å². The van der Waals surface area contributed by atoms with Crippen molar-refractivity contribution in [2.75, 3.05) is 19.6 Å². The molecule has 4 nitrogen and oxygen atoms in total. The lowest BCUT2D eigenvalue weighted by atomic mass is 10.2. The third-order valence-corrected chi connectivity index (χ3v) is 3.33. The van der Waals surface area contributed by atoms with Crippen LogP contribution in [0.25, 0.3) is 0 Å². The first-order valence-electron chi connectivity index (χ1n) is 6.01. The van der Waals surface area contributed by atoms with Crippen molar-refractivity contribution in [3.63, 3.8) is 0 Å². The van der Waals surface area contributed by atoms with Crippen LogP contribution in [-0.2, 0) is 4.79 Å². The minimum absolute atomic E-state index is 0.181. The molecule has 3 N–H and O–H groups in total. The van der Waals surface area contributed by atoms with Crippen molar-refractivity contribution in [1.29, 1.82) is 0 Å². The van der Waals surface area contributed by atoms with Crippen LogP contribution < -0.4 is 11.1 Å². The minimum Gasteiger partial charge on any atom is -0.370 e. The van der Waals surface area contributed by atoms with E-state index in [4.69, 9.17) is 5.73 Å². The number of primary amides is 1. The Labute approximate surface area is 91.2 Å². The van der Waals surface area contributed by atoms with E-state index < -0.39 is 0 Å². The molecule has 1 saturated heterocycles. The average Bonchev–Trinajstić information content (AvgIpc) is 2.91. The summed E-state index contributed by atoms with van der Waals surface area (Å²) in [5.74, 6) is -0.181. The van der Waals surface area contributed by atoms with Gasteiger partial charge in [0.2, 0.25) is 5.91 Å². The van der Waals surface area contributed by atoms with Crippen LogP contribution in [0.15, 0.2) is 0 Å². The van der Waals surface area contributed by atoms with Gasteiger partial charge >= 0.3 is 0 Å². The summed E-state index contributed by atoms with van der Waals surface area (Å²) in [6.07, 6.45) is 5.67. The van der Waals surface area contributed by atoms with Crippen molar-refractivity contribution in [1.82, 2.24) is 10.2 Å². The molecule has 1 amide bonds. The number of nitrogens with two attached hydrogens (primary N) is 1. The number of rotatable bonds is 6. The molecule has 2 aliphatic rings. The van der Waals surface area contributed by atoms with E-state index in [2.05, 4.69) is 10.2 Å². The van der Waals surface area contributed by atoms with Crippen molar-refractivity contribution >= 4 is 5.91 Å². The summed E-state index contributed by atoms with van der Waals surface area (Å²) in [6.45, 7) is 3.09. The van der Waals surface area contributed by atoms with Crippen LogP contribution in [0, 0.1) is 0 Å². The van der Waals surface area contributed by atoms with Gasteiger partial charge in [0.25, 0.3) is 0 Å². The molecule has 1 heterocycles. The fraction of sp³-hybridized carbons (Fsp3) is 0.909. The van der Waals surface area contributed by atoms with Crippen molar-refractivity contribution in [2.45, 2.75) is 44.2 Å². The van der Waals surface area contributed by atoms with Crippen molar-refractivity contribution < 1.29 is 4.79 Å². The molecule has 0 aromatic rings. The highest BCUT2D eigenvalue weighted by molar-refractivity contribution is 5.73. The quantitative estimate of drug-likeness (QED) is 0.654. The van der Waals surface area contributed by atoms with E-state index in [0.29, 0.717) is 12.5 Å². The van der Waals surface area contributed by atoms with Crippen LogP contribution in [0.1, 0.15) is 32.1 Å². The summed E-state index contributed by atoms with van der Waals surface area (Å²) in [5, 5.41) is 3.50. The molecule has 1 atom stereocenters. The smallest absolute Gasteiger partial charge is 0.218 e. The first-order chi connectivity index (χ1) is 7.25. The standard InChI is InChI=1S/C11H21N3O/c12-11(15)5-7-14(10-3-4-10)8-9-2-1-6-13-9/h9-10,13H,1-8H2,(H2,12,15). The second kappa shape index (κ2) is 4.94. The predicted molar refractivity (Wildman–Crippen MR) is 59.4 cm³/mol.